The van der Waals surface area contributed by atoms with Gasteiger partial charge >= 0.3 is 12.2 Å². The van der Waals surface area contributed by atoms with Crippen molar-refractivity contribution in [1.29, 1.82) is 5.26 Å². The number of amides is 3. The van der Waals surface area contributed by atoms with Crippen molar-refractivity contribution in [2.45, 2.75) is 30.7 Å². The van der Waals surface area contributed by atoms with E-state index in [4.69, 9.17) is 5.26 Å². The number of anilines is 1. The van der Waals surface area contributed by atoms with Gasteiger partial charge in [-0.2, -0.15) is 18.4 Å². The molecule has 25 heavy (non-hydrogen) atoms. The van der Waals surface area contributed by atoms with Gasteiger partial charge in [-0.15, -0.1) is 0 Å². The van der Waals surface area contributed by atoms with Crippen LogP contribution in [0.5, 0.6) is 0 Å². The molecule has 9 heteroatoms. The predicted molar refractivity (Wildman–Crippen MR) is 79.5 cm³/mol. The minimum Gasteiger partial charge on any atom is -0.306 e. The van der Waals surface area contributed by atoms with E-state index in [2.05, 4.69) is 0 Å². The Hall–Kier alpha value is -2.60. The van der Waals surface area contributed by atoms with E-state index in [1.807, 2.05) is 11.9 Å². The number of hydrogen-bond acceptors (Lipinski definition) is 4. The first kappa shape index (κ1) is 15.9. The van der Waals surface area contributed by atoms with Gasteiger partial charge < -0.3 is 4.90 Å². The Kier molecular flexibility index (Phi) is 3.15. The summed E-state index contributed by atoms with van der Waals surface area (Å²) in [6.07, 6.45) is -4.05. The summed E-state index contributed by atoms with van der Waals surface area (Å²) in [5, 5.41) is 8.87. The zero-order valence-electron chi connectivity index (χ0n) is 13.1. The lowest BCUT2D eigenvalue weighted by Crippen LogP contribution is -2.51. The largest absolute Gasteiger partial charge is 0.417 e. The Morgan fingerprint density at radius 1 is 1.28 bits per heavy atom. The number of urea groups is 1. The summed E-state index contributed by atoms with van der Waals surface area (Å²) in [6.45, 7) is 0.648. The molecule has 0 saturated carbocycles. The van der Waals surface area contributed by atoms with Gasteiger partial charge in [0.25, 0.3) is 5.91 Å². The molecule has 3 atom stereocenters. The Morgan fingerprint density at radius 3 is 2.64 bits per heavy atom. The van der Waals surface area contributed by atoms with Crippen LogP contribution in [-0.2, 0) is 11.0 Å². The first-order valence-electron chi connectivity index (χ1n) is 7.72. The third-order valence-electron chi connectivity index (χ3n) is 5.21. The summed E-state index contributed by atoms with van der Waals surface area (Å²) in [6, 6.07) is 2.94. The number of halogens is 3. The van der Waals surface area contributed by atoms with Gasteiger partial charge in [-0.25, -0.2) is 9.69 Å². The van der Waals surface area contributed by atoms with Gasteiger partial charge in [-0.05, 0) is 31.7 Å². The molecular formula is C16H13F3N4O2. The number of carbonyl (C=O) groups is 2. The minimum atomic E-state index is -4.75. The summed E-state index contributed by atoms with van der Waals surface area (Å²) in [5.74, 6) is -0.512. The molecule has 0 N–H and O–H groups in total. The number of rotatable bonds is 1. The monoisotopic (exact) mass is 350 g/mol. The van der Waals surface area contributed by atoms with E-state index in [0.29, 0.717) is 19.0 Å². The van der Waals surface area contributed by atoms with E-state index in [1.165, 1.54) is 17.0 Å². The lowest BCUT2D eigenvalue weighted by molar-refractivity contribution is -0.137. The zero-order valence-corrected chi connectivity index (χ0v) is 13.1. The molecule has 3 aliphatic rings. The smallest absolute Gasteiger partial charge is 0.306 e. The van der Waals surface area contributed by atoms with Crippen molar-refractivity contribution in [3.05, 3.63) is 29.3 Å². The van der Waals surface area contributed by atoms with Crippen LogP contribution in [0.1, 0.15) is 17.5 Å². The van der Waals surface area contributed by atoms with E-state index in [1.54, 1.807) is 0 Å². The number of carbonyl (C=O) groups excluding carboxylic acids is 2. The van der Waals surface area contributed by atoms with Gasteiger partial charge in [0.1, 0.15) is 6.04 Å². The highest BCUT2D eigenvalue weighted by Crippen LogP contribution is 2.42. The van der Waals surface area contributed by atoms with Gasteiger partial charge in [0, 0.05) is 18.6 Å². The fraction of sp³-hybridized carbons (Fsp3) is 0.438. The van der Waals surface area contributed by atoms with E-state index >= 15 is 0 Å². The van der Waals surface area contributed by atoms with Crippen molar-refractivity contribution in [3.8, 4) is 6.07 Å². The molecule has 6 nitrogen and oxygen atoms in total. The lowest BCUT2D eigenvalue weighted by Gasteiger charge is -2.32. The van der Waals surface area contributed by atoms with Crippen LogP contribution < -0.4 is 4.90 Å². The molecule has 3 amide bonds. The number of nitrogens with zero attached hydrogens (tertiary/aromatic N) is 4. The fourth-order valence-electron chi connectivity index (χ4n) is 4.13. The molecule has 1 aromatic rings. The van der Waals surface area contributed by atoms with Gasteiger partial charge in [0.05, 0.1) is 22.9 Å². The normalized spacial score (nSPS) is 28.7. The summed E-state index contributed by atoms with van der Waals surface area (Å²) in [4.78, 5) is 29.7. The molecule has 4 rings (SSSR count). The van der Waals surface area contributed by atoms with Gasteiger partial charge in [0.15, 0.2) is 0 Å². The standard InChI is InChI=1S/C16H13F3N4O2/c1-21-7-10-5-12(21)13-14(24)23(15(25)22(10)13)9-3-2-8(6-20)11(4-9)16(17,18)19/h2-4,10,12-13H,5,7H2,1H3. The first-order valence-corrected chi connectivity index (χ1v) is 7.72. The van der Waals surface area contributed by atoms with Crippen LogP contribution in [0.2, 0.25) is 0 Å². The summed E-state index contributed by atoms with van der Waals surface area (Å²) < 4.78 is 39.5. The van der Waals surface area contributed by atoms with Crippen LogP contribution in [0.15, 0.2) is 18.2 Å². The number of hydrogen-bond donors (Lipinski definition) is 0. The number of fused-ring (bicyclic) bond motifs is 5. The van der Waals surface area contributed by atoms with Crippen LogP contribution in [-0.4, -0.2) is 53.5 Å². The molecular weight excluding hydrogens is 337 g/mol. The lowest BCUT2D eigenvalue weighted by atomic mass is 10.1. The Balaban J connectivity index is 1.75. The topological polar surface area (TPSA) is 67.6 Å². The van der Waals surface area contributed by atoms with Crippen molar-refractivity contribution in [2.24, 2.45) is 0 Å². The van der Waals surface area contributed by atoms with Crippen LogP contribution >= 0.6 is 0 Å². The quantitative estimate of drug-likeness (QED) is 0.725. The average Bonchev–Trinajstić information content (AvgIpc) is 3.17. The summed E-state index contributed by atoms with van der Waals surface area (Å²) in [7, 11) is 1.87. The van der Waals surface area contributed by atoms with Gasteiger partial charge in [0.2, 0.25) is 0 Å². The molecule has 130 valence electrons. The zero-order chi connectivity index (χ0) is 18.1. The van der Waals surface area contributed by atoms with E-state index in [9.17, 15) is 22.8 Å². The highest BCUT2D eigenvalue weighted by Gasteiger charge is 2.61. The summed E-state index contributed by atoms with van der Waals surface area (Å²) >= 11 is 0. The Bertz CT molecular complexity index is 832. The molecule has 1 aromatic carbocycles. The number of likely N-dealkylation sites (tertiary alicyclic amines) is 1. The third-order valence-corrected chi connectivity index (χ3v) is 5.21. The number of alkyl halides is 3. The number of likely N-dealkylation sites (N-methyl/N-ethyl adjacent to an activating group) is 1. The molecule has 0 aliphatic carbocycles. The molecule has 0 radical (unpaired) electrons. The third kappa shape index (κ3) is 2.07. The molecule has 0 aromatic heterocycles. The molecule has 3 unspecified atom stereocenters. The van der Waals surface area contributed by atoms with Gasteiger partial charge in [-0.3, -0.25) is 9.69 Å². The van der Waals surface area contributed by atoms with E-state index < -0.39 is 35.3 Å². The van der Waals surface area contributed by atoms with Crippen LogP contribution in [0, 0.1) is 11.3 Å². The fourth-order valence-corrected chi connectivity index (χ4v) is 4.13. The number of benzene rings is 1. The van der Waals surface area contributed by atoms with Crippen molar-refractivity contribution in [3.63, 3.8) is 0 Å². The second-order valence-corrected chi connectivity index (χ2v) is 6.54. The Morgan fingerprint density at radius 2 is 2.00 bits per heavy atom. The molecule has 3 aliphatic heterocycles. The average molecular weight is 350 g/mol. The molecule has 3 fully saturated rings. The van der Waals surface area contributed by atoms with Crippen molar-refractivity contribution < 1.29 is 22.8 Å². The maximum Gasteiger partial charge on any atom is 0.417 e. The molecule has 2 bridgehead atoms. The van der Waals surface area contributed by atoms with Crippen molar-refractivity contribution in [2.75, 3.05) is 18.5 Å². The van der Waals surface area contributed by atoms with Crippen LogP contribution in [0.4, 0.5) is 23.7 Å². The second-order valence-electron chi connectivity index (χ2n) is 6.54. The molecule has 0 spiro atoms. The van der Waals surface area contributed by atoms with Crippen LogP contribution in [0.3, 0.4) is 0 Å². The SMILES string of the molecule is CN1CC2CC1C1C(=O)N(c3ccc(C#N)c(C(F)(F)F)c3)C(=O)N21. The Labute approximate surface area is 141 Å². The maximum absolute atomic E-state index is 13.2. The predicted octanol–water partition coefficient (Wildman–Crippen LogP) is 1.80. The maximum atomic E-state index is 13.2. The number of nitriles is 1. The molecule has 3 saturated heterocycles. The van der Waals surface area contributed by atoms with Crippen molar-refractivity contribution >= 4 is 17.6 Å². The first-order chi connectivity index (χ1) is 11.7. The van der Waals surface area contributed by atoms with Crippen molar-refractivity contribution in [1.82, 2.24) is 9.80 Å². The number of piperazine rings is 1. The highest BCUT2D eigenvalue weighted by molar-refractivity contribution is 6.22. The molecule has 3 heterocycles. The highest BCUT2D eigenvalue weighted by atomic mass is 19.4. The van der Waals surface area contributed by atoms with E-state index in [0.717, 1.165) is 11.0 Å². The number of imide groups is 1. The summed E-state index contributed by atoms with van der Waals surface area (Å²) in [5.41, 5.74) is -1.85. The van der Waals surface area contributed by atoms with Gasteiger partial charge in [-0.1, -0.05) is 0 Å². The minimum absolute atomic E-state index is 0.0954. The van der Waals surface area contributed by atoms with E-state index in [-0.39, 0.29) is 17.8 Å². The second kappa shape index (κ2) is 4.95. The van der Waals surface area contributed by atoms with Crippen LogP contribution in [0.25, 0.3) is 0 Å².